The van der Waals surface area contributed by atoms with Crippen LogP contribution in [0.4, 0.5) is 4.79 Å². The van der Waals surface area contributed by atoms with Crippen LogP contribution in [0.2, 0.25) is 0 Å². The lowest BCUT2D eigenvalue weighted by molar-refractivity contribution is -0.123. The molecule has 2 amide bonds. The summed E-state index contributed by atoms with van der Waals surface area (Å²) in [6.07, 6.45) is 8.28. The SMILES string of the molecule is CC(C)(C)OC(=O)N1CCC(C(CC(=O)NCCc2ccccc2)C2CCCC2)CC1. The molecule has 2 fully saturated rings. The Morgan fingerprint density at radius 1 is 1.03 bits per heavy atom. The van der Waals surface area contributed by atoms with Gasteiger partial charge in [-0.2, -0.15) is 0 Å². The number of ether oxygens (including phenoxy) is 1. The minimum absolute atomic E-state index is 0.183. The molecule has 0 aromatic heterocycles. The summed E-state index contributed by atoms with van der Waals surface area (Å²) in [6, 6.07) is 10.3. The third-order valence-electron chi connectivity index (χ3n) is 6.80. The largest absolute Gasteiger partial charge is 0.444 e. The van der Waals surface area contributed by atoms with E-state index in [1.165, 1.54) is 31.2 Å². The lowest BCUT2D eigenvalue weighted by atomic mass is 9.74. The molecule has 1 aliphatic carbocycles. The molecule has 31 heavy (non-hydrogen) atoms. The molecule has 1 saturated heterocycles. The van der Waals surface area contributed by atoms with Crippen molar-refractivity contribution in [3.8, 4) is 0 Å². The maximum absolute atomic E-state index is 12.8. The van der Waals surface area contributed by atoms with Gasteiger partial charge in [0.15, 0.2) is 0 Å². The molecule has 1 aromatic carbocycles. The Morgan fingerprint density at radius 3 is 2.26 bits per heavy atom. The van der Waals surface area contributed by atoms with E-state index in [0.29, 0.717) is 30.7 Å². The first-order valence-corrected chi connectivity index (χ1v) is 12.1. The average Bonchev–Trinajstić information content (AvgIpc) is 3.26. The molecule has 1 N–H and O–H groups in total. The van der Waals surface area contributed by atoms with Gasteiger partial charge >= 0.3 is 6.09 Å². The van der Waals surface area contributed by atoms with Gasteiger partial charge in [0.25, 0.3) is 0 Å². The number of benzene rings is 1. The Bertz CT molecular complexity index is 699. The molecular formula is C26H40N2O3. The fraction of sp³-hybridized carbons (Fsp3) is 0.692. The number of likely N-dealkylation sites (tertiary alicyclic amines) is 1. The zero-order valence-corrected chi connectivity index (χ0v) is 19.6. The average molecular weight is 429 g/mol. The van der Waals surface area contributed by atoms with Crippen molar-refractivity contribution in [2.24, 2.45) is 17.8 Å². The second kappa shape index (κ2) is 11.0. The van der Waals surface area contributed by atoms with Crippen LogP contribution >= 0.6 is 0 Å². The summed E-state index contributed by atoms with van der Waals surface area (Å²) in [5.41, 5.74) is 0.794. The molecule has 1 saturated carbocycles. The highest BCUT2D eigenvalue weighted by molar-refractivity contribution is 5.76. The van der Waals surface area contributed by atoms with Crippen molar-refractivity contribution in [2.45, 2.75) is 77.7 Å². The molecule has 5 nitrogen and oxygen atoms in total. The highest BCUT2D eigenvalue weighted by Crippen LogP contribution is 2.41. The minimum Gasteiger partial charge on any atom is -0.444 e. The van der Waals surface area contributed by atoms with Gasteiger partial charge in [0.1, 0.15) is 5.60 Å². The van der Waals surface area contributed by atoms with Crippen LogP contribution in [0.3, 0.4) is 0 Å². The van der Waals surface area contributed by atoms with Crippen molar-refractivity contribution in [1.29, 1.82) is 0 Å². The summed E-state index contributed by atoms with van der Waals surface area (Å²) < 4.78 is 5.54. The van der Waals surface area contributed by atoms with Gasteiger partial charge < -0.3 is 15.0 Å². The molecule has 0 radical (unpaired) electrons. The number of piperidine rings is 1. The van der Waals surface area contributed by atoms with E-state index in [9.17, 15) is 9.59 Å². The number of rotatable bonds is 7. The number of carbonyl (C=O) groups is 2. The van der Waals surface area contributed by atoms with Gasteiger partial charge in [-0.25, -0.2) is 4.79 Å². The molecule has 0 spiro atoms. The predicted molar refractivity (Wildman–Crippen MR) is 124 cm³/mol. The van der Waals surface area contributed by atoms with E-state index < -0.39 is 5.60 Å². The molecule has 2 aliphatic rings. The third kappa shape index (κ3) is 7.55. The third-order valence-corrected chi connectivity index (χ3v) is 6.80. The fourth-order valence-electron chi connectivity index (χ4n) is 5.22. The Morgan fingerprint density at radius 2 is 1.65 bits per heavy atom. The number of nitrogens with one attached hydrogen (secondary N) is 1. The zero-order chi connectivity index (χ0) is 22.3. The van der Waals surface area contributed by atoms with Crippen molar-refractivity contribution in [3.05, 3.63) is 35.9 Å². The van der Waals surface area contributed by atoms with Crippen LogP contribution < -0.4 is 5.32 Å². The number of hydrogen-bond donors (Lipinski definition) is 1. The van der Waals surface area contributed by atoms with Crippen LogP contribution in [0.15, 0.2) is 30.3 Å². The molecule has 3 rings (SSSR count). The van der Waals surface area contributed by atoms with Gasteiger partial charge in [-0.15, -0.1) is 0 Å². The minimum atomic E-state index is -0.460. The van der Waals surface area contributed by atoms with E-state index >= 15 is 0 Å². The highest BCUT2D eigenvalue weighted by Gasteiger charge is 2.36. The van der Waals surface area contributed by atoms with Crippen molar-refractivity contribution in [1.82, 2.24) is 10.2 Å². The summed E-state index contributed by atoms with van der Waals surface area (Å²) in [5, 5.41) is 3.15. The molecule has 1 unspecified atom stereocenters. The second-order valence-corrected chi connectivity index (χ2v) is 10.3. The molecule has 1 atom stereocenters. The first kappa shape index (κ1) is 23.6. The lowest BCUT2D eigenvalue weighted by Crippen LogP contribution is -2.44. The number of carbonyl (C=O) groups excluding carboxylic acids is 2. The summed E-state index contributed by atoms with van der Waals surface area (Å²) >= 11 is 0. The molecular weight excluding hydrogens is 388 g/mol. The zero-order valence-electron chi connectivity index (χ0n) is 19.6. The number of nitrogens with zero attached hydrogens (tertiary/aromatic N) is 1. The van der Waals surface area contributed by atoms with Gasteiger partial charge in [0.2, 0.25) is 5.91 Å². The van der Waals surface area contributed by atoms with Crippen LogP contribution in [0.5, 0.6) is 0 Å². The topological polar surface area (TPSA) is 58.6 Å². The number of amides is 2. The summed E-state index contributed by atoms with van der Waals surface area (Å²) in [7, 11) is 0. The standard InChI is InChI=1S/C26H40N2O3/c1-26(2,3)31-25(30)28-17-14-22(15-18-28)23(21-11-7-8-12-21)19-24(29)27-16-13-20-9-5-4-6-10-20/h4-6,9-10,21-23H,7-8,11-19H2,1-3H3,(H,27,29). The van der Waals surface area contributed by atoms with Crippen molar-refractivity contribution >= 4 is 12.0 Å². The van der Waals surface area contributed by atoms with E-state index in [1.54, 1.807) is 0 Å². The van der Waals surface area contributed by atoms with Crippen molar-refractivity contribution < 1.29 is 14.3 Å². The van der Waals surface area contributed by atoms with E-state index in [4.69, 9.17) is 4.74 Å². The molecule has 5 heteroatoms. The lowest BCUT2D eigenvalue weighted by Gasteiger charge is -2.38. The maximum Gasteiger partial charge on any atom is 0.410 e. The quantitative estimate of drug-likeness (QED) is 0.650. The maximum atomic E-state index is 12.8. The molecule has 1 aliphatic heterocycles. The smallest absolute Gasteiger partial charge is 0.410 e. The Hall–Kier alpha value is -2.04. The first-order valence-electron chi connectivity index (χ1n) is 12.1. The summed E-state index contributed by atoms with van der Waals surface area (Å²) in [5.74, 6) is 1.78. The summed E-state index contributed by atoms with van der Waals surface area (Å²) in [6.45, 7) is 7.88. The van der Waals surface area contributed by atoms with Gasteiger partial charge in [-0.05, 0) is 63.4 Å². The van der Waals surface area contributed by atoms with Crippen LogP contribution in [0, 0.1) is 17.8 Å². The molecule has 1 aromatic rings. The van der Waals surface area contributed by atoms with Crippen LogP contribution in [-0.4, -0.2) is 42.1 Å². The van der Waals surface area contributed by atoms with Gasteiger partial charge in [-0.3, -0.25) is 4.79 Å². The van der Waals surface area contributed by atoms with Crippen molar-refractivity contribution in [3.63, 3.8) is 0 Å². The van der Waals surface area contributed by atoms with E-state index in [2.05, 4.69) is 17.4 Å². The Balaban J connectivity index is 1.50. The molecule has 172 valence electrons. The van der Waals surface area contributed by atoms with Crippen LogP contribution in [0.1, 0.15) is 71.3 Å². The van der Waals surface area contributed by atoms with E-state index in [-0.39, 0.29) is 12.0 Å². The predicted octanol–water partition coefficient (Wildman–Crippen LogP) is 5.19. The second-order valence-electron chi connectivity index (χ2n) is 10.3. The number of hydrogen-bond acceptors (Lipinski definition) is 3. The van der Waals surface area contributed by atoms with Crippen molar-refractivity contribution in [2.75, 3.05) is 19.6 Å². The van der Waals surface area contributed by atoms with Gasteiger partial charge in [0, 0.05) is 26.1 Å². The summed E-state index contributed by atoms with van der Waals surface area (Å²) in [4.78, 5) is 27.0. The van der Waals surface area contributed by atoms with Gasteiger partial charge in [-0.1, -0.05) is 56.0 Å². The molecule has 1 heterocycles. The van der Waals surface area contributed by atoms with E-state index in [0.717, 1.165) is 32.4 Å². The van der Waals surface area contributed by atoms with E-state index in [1.807, 2.05) is 43.9 Å². The highest BCUT2D eigenvalue weighted by atomic mass is 16.6. The monoisotopic (exact) mass is 428 g/mol. The van der Waals surface area contributed by atoms with Crippen LogP contribution in [0.25, 0.3) is 0 Å². The Labute approximate surface area is 187 Å². The first-order chi connectivity index (χ1) is 14.8. The molecule has 0 bridgehead atoms. The Kier molecular flexibility index (Phi) is 8.39. The van der Waals surface area contributed by atoms with Crippen LogP contribution in [-0.2, 0) is 16.0 Å². The fourth-order valence-corrected chi connectivity index (χ4v) is 5.22. The van der Waals surface area contributed by atoms with Gasteiger partial charge in [0.05, 0.1) is 0 Å². The normalized spacial score (nSPS) is 19.3.